The van der Waals surface area contributed by atoms with Gasteiger partial charge in [-0.1, -0.05) is 60.1 Å². The quantitative estimate of drug-likeness (QED) is 0.213. The Balaban J connectivity index is 1.91. The Hall–Kier alpha value is -3.65. The third kappa shape index (κ3) is 4.29. The van der Waals surface area contributed by atoms with Crippen LogP contribution in [0.3, 0.4) is 0 Å². The highest BCUT2D eigenvalue weighted by atomic mass is 35.5. The van der Waals surface area contributed by atoms with Gasteiger partial charge in [0.2, 0.25) is 0 Å². The first-order valence-corrected chi connectivity index (χ1v) is 9.37. The highest BCUT2D eigenvalue weighted by Crippen LogP contribution is 2.36. The zero-order valence-electron chi connectivity index (χ0n) is 15.7. The predicted molar refractivity (Wildman–Crippen MR) is 111 cm³/mol. The van der Waals surface area contributed by atoms with Gasteiger partial charge < -0.3 is 4.74 Å². The SMILES string of the molecule is O=C(c1ccccc1)c1ccc2nc(/N=C(/F)OC(F)F)c(-c3ccccc3Cl)n2c1. The van der Waals surface area contributed by atoms with Crippen LogP contribution in [-0.2, 0) is 4.74 Å². The zero-order valence-corrected chi connectivity index (χ0v) is 16.4. The van der Waals surface area contributed by atoms with E-state index in [1.54, 1.807) is 66.7 Å². The molecule has 0 atom stereocenters. The van der Waals surface area contributed by atoms with Gasteiger partial charge in [0.15, 0.2) is 11.6 Å². The Labute approximate surface area is 179 Å². The molecule has 31 heavy (non-hydrogen) atoms. The number of aliphatic imine (C=N–C) groups is 1. The molecule has 0 fully saturated rings. The summed E-state index contributed by atoms with van der Waals surface area (Å²) in [4.78, 5) is 20.5. The molecule has 4 rings (SSSR count). The highest BCUT2D eigenvalue weighted by Gasteiger charge is 2.20. The van der Waals surface area contributed by atoms with E-state index < -0.39 is 12.8 Å². The zero-order chi connectivity index (χ0) is 22.0. The number of aromatic nitrogens is 2. The molecule has 9 heteroatoms. The van der Waals surface area contributed by atoms with Crippen molar-refractivity contribution in [2.45, 2.75) is 6.61 Å². The van der Waals surface area contributed by atoms with E-state index in [0.29, 0.717) is 27.4 Å². The summed E-state index contributed by atoms with van der Waals surface area (Å²) in [5.74, 6) is -0.464. The van der Waals surface area contributed by atoms with E-state index >= 15 is 0 Å². The number of pyridine rings is 1. The molecule has 0 amide bonds. The molecular formula is C22H13ClF3N3O2. The summed E-state index contributed by atoms with van der Waals surface area (Å²) in [7, 11) is 0. The lowest BCUT2D eigenvalue weighted by Crippen LogP contribution is -2.04. The molecule has 2 heterocycles. The van der Waals surface area contributed by atoms with Gasteiger partial charge in [-0.2, -0.15) is 13.8 Å². The van der Waals surface area contributed by atoms with Crippen molar-refractivity contribution >= 4 is 35.0 Å². The van der Waals surface area contributed by atoms with E-state index in [2.05, 4.69) is 14.7 Å². The fourth-order valence-corrected chi connectivity index (χ4v) is 3.31. The van der Waals surface area contributed by atoms with E-state index in [1.807, 2.05) is 0 Å². The Kier molecular flexibility index (Phi) is 5.73. The number of alkyl halides is 2. The smallest absolute Gasteiger partial charge is 0.390 e. The first kappa shape index (κ1) is 20.6. The van der Waals surface area contributed by atoms with Crippen LogP contribution >= 0.6 is 11.6 Å². The number of carbonyl (C=O) groups is 1. The molecule has 0 N–H and O–H groups in total. The fourth-order valence-electron chi connectivity index (χ4n) is 3.09. The van der Waals surface area contributed by atoms with E-state index in [9.17, 15) is 18.0 Å². The van der Waals surface area contributed by atoms with Crippen molar-refractivity contribution in [2.75, 3.05) is 0 Å². The van der Waals surface area contributed by atoms with Crippen LogP contribution in [-0.4, -0.2) is 27.9 Å². The number of ether oxygens (including phenoxy) is 1. The molecule has 0 aliphatic heterocycles. The average molecular weight is 444 g/mol. The van der Waals surface area contributed by atoms with Crippen LogP contribution < -0.4 is 0 Å². The van der Waals surface area contributed by atoms with Gasteiger partial charge in [-0.05, 0) is 18.2 Å². The lowest BCUT2D eigenvalue weighted by atomic mass is 10.1. The topological polar surface area (TPSA) is 56.0 Å². The third-order valence-corrected chi connectivity index (χ3v) is 4.74. The van der Waals surface area contributed by atoms with Crippen molar-refractivity contribution < 1.29 is 22.7 Å². The summed E-state index contributed by atoms with van der Waals surface area (Å²) in [5, 5.41) is 0.302. The van der Waals surface area contributed by atoms with Crippen molar-refractivity contribution in [1.29, 1.82) is 0 Å². The molecule has 0 saturated heterocycles. The number of hydrogen-bond acceptors (Lipinski definition) is 4. The summed E-state index contributed by atoms with van der Waals surface area (Å²) in [5.41, 5.74) is 1.77. The molecule has 4 aromatic rings. The normalized spacial score (nSPS) is 11.8. The maximum Gasteiger partial charge on any atom is 0.390 e. The average Bonchev–Trinajstić information content (AvgIpc) is 3.10. The van der Waals surface area contributed by atoms with Gasteiger partial charge in [0.25, 0.3) is 0 Å². The van der Waals surface area contributed by atoms with E-state index in [0.717, 1.165) is 0 Å². The second kappa shape index (κ2) is 8.61. The standard InChI is InChI=1S/C22H13ClF3N3O2/c23-16-9-5-4-8-15(16)18-20(28-22(26)31-21(24)25)27-17-11-10-14(12-29(17)18)19(30)13-6-2-1-3-7-13/h1-12,21H/b28-22-. The molecule has 0 bridgehead atoms. The van der Waals surface area contributed by atoms with Crippen molar-refractivity contribution in [3.8, 4) is 11.3 Å². The summed E-state index contributed by atoms with van der Waals surface area (Å²) in [6.07, 6.45) is -0.228. The van der Waals surface area contributed by atoms with Crippen LogP contribution in [0.4, 0.5) is 19.0 Å². The second-order valence-corrected chi connectivity index (χ2v) is 6.76. The van der Waals surface area contributed by atoms with Gasteiger partial charge in [-0.25, -0.2) is 4.98 Å². The van der Waals surface area contributed by atoms with Crippen LogP contribution in [0.15, 0.2) is 77.9 Å². The predicted octanol–water partition coefficient (Wildman–Crippen LogP) is 6.08. The fraction of sp³-hybridized carbons (Fsp3) is 0.0455. The number of fused-ring (bicyclic) bond motifs is 1. The molecule has 0 spiro atoms. The number of carbonyl (C=O) groups excluding carboxylic acids is 1. The van der Waals surface area contributed by atoms with Crippen LogP contribution in [0.25, 0.3) is 16.9 Å². The Morgan fingerprint density at radius 1 is 1.00 bits per heavy atom. The Morgan fingerprint density at radius 2 is 1.71 bits per heavy atom. The molecule has 0 saturated carbocycles. The molecular weight excluding hydrogens is 431 g/mol. The van der Waals surface area contributed by atoms with Crippen LogP contribution in [0.1, 0.15) is 15.9 Å². The first-order chi connectivity index (χ1) is 14.9. The molecule has 156 valence electrons. The number of benzene rings is 2. The summed E-state index contributed by atoms with van der Waals surface area (Å²) in [6.45, 7) is -3.38. The molecule has 2 aromatic heterocycles. The first-order valence-electron chi connectivity index (χ1n) is 9.00. The molecule has 0 aliphatic rings. The largest absolute Gasteiger partial charge is 0.393 e. The van der Waals surface area contributed by atoms with E-state index in [-0.39, 0.29) is 17.3 Å². The Bertz CT molecular complexity index is 1290. The number of hydrogen-bond donors (Lipinski definition) is 0. The maximum atomic E-state index is 13.8. The lowest BCUT2D eigenvalue weighted by molar-refractivity contribution is -0.0688. The van der Waals surface area contributed by atoms with Gasteiger partial charge in [-0.15, -0.1) is 4.39 Å². The van der Waals surface area contributed by atoms with Crippen molar-refractivity contribution in [3.05, 3.63) is 89.1 Å². The van der Waals surface area contributed by atoms with Crippen LogP contribution in [0.2, 0.25) is 5.02 Å². The maximum absolute atomic E-state index is 13.8. The third-order valence-electron chi connectivity index (χ3n) is 4.41. The highest BCUT2D eigenvalue weighted by molar-refractivity contribution is 6.33. The number of halogens is 4. The monoisotopic (exact) mass is 443 g/mol. The van der Waals surface area contributed by atoms with Crippen LogP contribution in [0, 0.1) is 0 Å². The van der Waals surface area contributed by atoms with Crippen LogP contribution in [0.5, 0.6) is 0 Å². The molecule has 0 radical (unpaired) electrons. The minimum absolute atomic E-state index is 0.219. The molecule has 2 aromatic carbocycles. The van der Waals surface area contributed by atoms with Gasteiger partial charge in [0.05, 0.1) is 5.02 Å². The molecule has 0 unspecified atom stereocenters. The lowest BCUT2D eigenvalue weighted by Gasteiger charge is -2.07. The van der Waals surface area contributed by atoms with Crippen molar-refractivity contribution in [1.82, 2.24) is 9.38 Å². The van der Waals surface area contributed by atoms with Gasteiger partial charge >= 0.3 is 12.8 Å². The number of nitrogens with zero attached hydrogens (tertiary/aromatic N) is 3. The molecule has 0 aliphatic carbocycles. The minimum atomic E-state index is -3.38. The van der Waals surface area contributed by atoms with Crippen molar-refractivity contribution in [3.63, 3.8) is 0 Å². The minimum Gasteiger partial charge on any atom is -0.393 e. The summed E-state index contributed by atoms with van der Waals surface area (Å²) >= 11 is 6.31. The van der Waals surface area contributed by atoms with Gasteiger partial charge in [0.1, 0.15) is 11.3 Å². The number of ketones is 1. The van der Waals surface area contributed by atoms with E-state index in [1.165, 1.54) is 10.6 Å². The number of imidazole rings is 1. The van der Waals surface area contributed by atoms with Crippen molar-refractivity contribution in [2.24, 2.45) is 4.99 Å². The summed E-state index contributed by atoms with van der Waals surface area (Å²) < 4.78 is 43.7. The molecule has 5 nitrogen and oxygen atoms in total. The Morgan fingerprint density at radius 3 is 2.42 bits per heavy atom. The summed E-state index contributed by atoms with van der Waals surface area (Å²) in [6, 6.07) is 18.4. The van der Waals surface area contributed by atoms with Gasteiger partial charge in [0, 0.05) is 22.9 Å². The van der Waals surface area contributed by atoms with Gasteiger partial charge in [-0.3, -0.25) is 9.20 Å². The number of rotatable bonds is 5. The van der Waals surface area contributed by atoms with E-state index in [4.69, 9.17) is 11.6 Å². The second-order valence-electron chi connectivity index (χ2n) is 6.35.